The van der Waals surface area contributed by atoms with Crippen LogP contribution in [0, 0.1) is 20.8 Å². The van der Waals surface area contributed by atoms with Gasteiger partial charge in [0, 0.05) is 17.4 Å². The fourth-order valence-electron chi connectivity index (χ4n) is 2.65. The van der Waals surface area contributed by atoms with Gasteiger partial charge < -0.3 is 20.7 Å². The molecule has 2 aromatic rings. The Balaban J connectivity index is 2.05. The van der Waals surface area contributed by atoms with E-state index in [1.165, 1.54) is 0 Å². The average molecular weight is 331 g/mol. The summed E-state index contributed by atoms with van der Waals surface area (Å²) in [5, 5.41) is 14.5. The summed E-state index contributed by atoms with van der Waals surface area (Å²) in [5.74, 6) is -1.78. The molecule has 4 N–H and O–H groups in total. The number of carboxylic acids is 1. The first-order valence-corrected chi connectivity index (χ1v) is 7.66. The van der Waals surface area contributed by atoms with Crippen LogP contribution in [0.25, 0.3) is 10.9 Å². The van der Waals surface area contributed by atoms with Crippen LogP contribution < -0.4 is 10.6 Å². The van der Waals surface area contributed by atoms with Crippen LogP contribution in [0.4, 0.5) is 0 Å². The molecule has 1 aromatic carbocycles. The number of rotatable bonds is 6. The molecular weight excluding hydrogens is 310 g/mol. The molecule has 0 spiro atoms. The maximum Gasteiger partial charge on any atom is 0.305 e. The zero-order valence-corrected chi connectivity index (χ0v) is 13.9. The van der Waals surface area contributed by atoms with E-state index >= 15 is 0 Å². The fourth-order valence-corrected chi connectivity index (χ4v) is 2.65. The minimum absolute atomic E-state index is 0.0356. The maximum absolute atomic E-state index is 12.3. The summed E-state index contributed by atoms with van der Waals surface area (Å²) in [4.78, 5) is 37.4. The van der Waals surface area contributed by atoms with Gasteiger partial charge in [-0.25, -0.2) is 0 Å². The van der Waals surface area contributed by atoms with Gasteiger partial charge in [-0.3, -0.25) is 14.4 Å². The van der Waals surface area contributed by atoms with Crippen molar-refractivity contribution in [1.82, 2.24) is 15.6 Å². The highest BCUT2D eigenvalue weighted by molar-refractivity contribution is 6.03. The van der Waals surface area contributed by atoms with Gasteiger partial charge in [0.1, 0.15) is 5.69 Å². The molecule has 1 heterocycles. The lowest BCUT2D eigenvalue weighted by atomic mass is 10.0. The Bertz CT molecular complexity index is 808. The Morgan fingerprint density at radius 2 is 1.75 bits per heavy atom. The lowest BCUT2D eigenvalue weighted by molar-refractivity contribution is -0.136. The van der Waals surface area contributed by atoms with Crippen molar-refractivity contribution in [1.29, 1.82) is 0 Å². The Kier molecular flexibility index (Phi) is 5.23. The molecule has 0 saturated heterocycles. The van der Waals surface area contributed by atoms with Crippen molar-refractivity contribution in [2.75, 3.05) is 13.1 Å². The summed E-state index contributed by atoms with van der Waals surface area (Å²) in [6, 6.07) is 4.00. The van der Waals surface area contributed by atoms with Crippen molar-refractivity contribution in [3.8, 4) is 0 Å². The smallest absolute Gasteiger partial charge is 0.305 e. The number of nitrogens with one attached hydrogen (secondary N) is 3. The zero-order valence-electron chi connectivity index (χ0n) is 13.9. The molecule has 0 saturated carbocycles. The predicted molar refractivity (Wildman–Crippen MR) is 90.1 cm³/mol. The van der Waals surface area contributed by atoms with Gasteiger partial charge in [0.05, 0.1) is 13.0 Å². The number of carbonyl (C=O) groups is 3. The minimum atomic E-state index is -0.987. The highest BCUT2D eigenvalue weighted by atomic mass is 16.4. The van der Waals surface area contributed by atoms with E-state index in [0.29, 0.717) is 5.69 Å². The Hall–Kier alpha value is -2.83. The van der Waals surface area contributed by atoms with E-state index in [1.807, 2.05) is 32.9 Å². The second-order valence-corrected chi connectivity index (χ2v) is 5.75. The number of benzene rings is 1. The second-order valence-electron chi connectivity index (χ2n) is 5.75. The van der Waals surface area contributed by atoms with Crippen LogP contribution in [0.3, 0.4) is 0 Å². The largest absolute Gasteiger partial charge is 0.481 e. The van der Waals surface area contributed by atoms with E-state index in [2.05, 4.69) is 15.6 Å². The van der Waals surface area contributed by atoms with Gasteiger partial charge in [0.2, 0.25) is 5.91 Å². The number of H-pyrrole nitrogens is 1. The van der Waals surface area contributed by atoms with Crippen LogP contribution in [0.2, 0.25) is 0 Å². The van der Waals surface area contributed by atoms with E-state index in [0.717, 1.165) is 27.6 Å². The van der Waals surface area contributed by atoms with Crippen molar-refractivity contribution in [2.24, 2.45) is 0 Å². The molecule has 0 unspecified atom stereocenters. The van der Waals surface area contributed by atoms with Crippen LogP contribution in [0.15, 0.2) is 12.1 Å². The van der Waals surface area contributed by atoms with E-state index in [9.17, 15) is 14.4 Å². The van der Waals surface area contributed by atoms with E-state index in [1.54, 1.807) is 0 Å². The number of aromatic amines is 1. The number of aryl methyl sites for hydroxylation is 3. The SMILES string of the molecule is Cc1ccc(C)c2c(C)c(C(=O)NCC(=O)NCCC(=O)O)[nH]c12. The van der Waals surface area contributed by atoms with Gasteiger partial charge in [0.15, 0.2) is 0 Å². The summed E-state index contributed by atoms with van der Waals surface area (Å²) in [6.45, 7) is 5.65. The fraction of sp³-hybridized carbons (Fsp3) is 0.353. The van der Waals surface area contributed by atoms with Gasteiger partial charge in [0.25, 0.3) is 5.91 Å². The van der Waals surface area contributed by atoms with Crippen molar-refractivity contribution in [2.45, 2.75) is 27.2 Å². The Labute approximate surface area is 139 Å². The lowest BCUT2D eigenvalue weighted by Crippen LogP contribution is -2.38. The number of aromatic nitrogens is 1. The molecule has 1 aromatic heterocycles. The average Bonchev–Trinajstić information content (AvgIpc) is 2.87. The third-order valence-corrected chi connectivity index (χ3v) is 3.92. The molecule has 7 nitrogen and oxygen atoms in total. The highest BCUT2D eigenvalue weighted by Gasteiger charge is 2.17. The van der Waals surface area contributed by atoms with Crippen LogP contribution in [0.5, 0.6) is 0 Å². The molecule has 0 fully saturated rings. The number of carbonyl (C=O) groups excluding carboxylic acids is 2. The second kappa shape index (κ2) is 7.16. The van der Waals surface area contributed by atoms with Crippen molar-refractivity contribution in [3.63, 3.8) is 0 Å². The predicted octanol–water partition coefficient (Wildman–Crippen LogP) is 1.41. The van der Waals surface area contributed by atoms with E-state index in [-0.39, 0.29) is 25.4 Å². The van der Waals surface area contributed by atoms with E-state index in [4.69, 9.17) is 5.11 Å². The molecule has 0 aliphatic carbocycles. The number of aliphatic carboxylic acids is 1. The standard InChI is InChI=1S/C17H21N3O4/c1-9-4-5-10(2)15-14(9)11(3)16(20-15)17(24)19-8-12(21)18-7-6-13(22)23/h4-5,20H,6-8H2,1-3H3,(H,18,21)(H,19,24)(H,22,23). The quantitative estimate of drug-likeness (QED) is 0.641. The molecule has 0 aliphatic rings. The van der Waals surface area contributed by atoms with E-state index < -0.39 is 11.9 Å². The Morgan fingerprint density at radius 3 is 2.38 bits per heavy atom. The monoisotopic (exact) mass is 331 g/mol. The number of amides is 2. The summed E-state index contributed by atoms with van der Waals surface area (Å²) in [7, 11) is 0. The molecule has 128 valence electrons. The van der Waals surface area contributed by atoms with Crippen molar-refractivity contribution >= 4 is 28.7 Å². The summed E-state index contributed by atoms with van der Waals surface area (Å²) in [6.07, 6.45) is -0.153. The van der Waals surface area contributed by atoms with Gasteiger partial charge >= 0.3 is 5.97 Å². The summed E-state index contributed by atoms with van der Waals surface area (Å²) >= 11 is 0. The Morgan fingerprint density at radius 1 is 1.08 bits per heavy atom. The number of hydrogen-bond acceptors (Lipinski definition) is 3. The lowest BCUT2D eigenvalue weighted by Gasteiger charge is -2.06. The maximum atomic E-state index is 12.3. The van der Waals surface area contributed by atoms with Gasteiger partial charge in [-0.1, -0.05) is 12.1 Å². The van der Waals surface area contributed by atoms with Gasteiger partial charge in [-0.15, -0.1) is 0 Å². The third kappa shape index (κ3) is 3.73. The molecule has 0 aliphatic heterocycles. The zero-order chi connectivity index (χ0) is 17.9. The summed E-state index contributed by atoms with van der Waals surface area (Å²) < 4.78 is 0. The number of hydrogen-bond donors (Lipinski definition) is 4. The van der Waals surface area contributed by atoms with Crippen LogP contribution >= 0.6 is 0 Å². The van der Waals surface area contributed by atoms with Crippen LogP contribution in [-0.4, -0.2) is 41.0 Å². The molecule has 2 rings (SSSR count). The molecular formula is C17H21N3O4. The first-order chi connectivity index (χ1) is 11.3. The normalized spacial score (nSPS) is 10.6. The topological polar surface area (TPSA) is 111 Å². The van der Waals surface area contributed by atoms with Crippen LogP contribution in [0.1, 0.15) is 33.6 Å². The molecule has 7 heteroatoms. The van der Waals surface area contributed by atoms with Crippen LogP contribution in [-0.2, 0) is 9.59 Å². The highest BCUT2D eigenvalue weighted by Crippen LogP contribution is 2.27. The first-order valence-electron chi connectivity index (χ1n) is 7.66. The summed E-state index contributed by atoms with van der Waals surface area (Å²) in [5.41, 5.74) is 4.32. The molecule has 24 heavy (non-hydrogen) atoms. The molecule has 2 amide bonds. The number of fused-ring (bicyclic) bond motifs is 1. The first kappa shape index (κ1) is 17.5. The minimum Gasteiger partial charge on any atom is -0.481 e. The van der Waals surface area contributed by atoms with Gasteiger partial charge in [-0.05, 0) is 37.5 Å². The van der Waals surface area contributed by atoms with Gasteiger partial charge in [-0.2, -0.15) is 0 Å². The molecule has 0 radical (unpaired) electrons. The number of carboxylic acid groups (broad SMARTS) is 1. The van der Waals surface area contributed by atoms with Crippen molar-refractivity contribution in [3.05, 3.63) is 34.5 Å². The third-order valence-electron chi connectivity index (χ3n) is 3.92. The molecule has 0 bridgehead atoms. The van der Waals surface area contributed by atoms with Crippen molar-refractivity contribution < 1.29 is 19.5 Å². The molecule has 0 atom stereocenters.